The molecule has 1 heterocycles. The summed E-state index contributed by atoms with van der Waals surface area (Å²) >= 11 is 5.18. The summed E-state index contributed by atoms with van der Waals surface area (Å²) in [4.78, 5) is 28.4. The van der Waals surface area contributed by atoms with E-state index in [9.17, 15) is 9.59 Å². The van der Waals surface area contributed by atoms with E-state index in [0.717, 1.165) is 40.6 Å². The van der Waals surface area contributed by atoms with Gasteiger partial charge in [-0.15, -0.1) is 11.8 Å². The number of nitrogens with zero attached hydrogens (tertiary/aromatic N) is 1. The van der Waals surface area contributed by atoms with Crippen LogP contribution in [0.25, 0.3) is 6.08 Å². The molecule has 2 atom stereocenters. The number of thioether (sulfide) groups is 1. The molecule has 2 fully saturated rings. The lowest BCUT2D eigenvalue weighted by atomic mass is 9.93. The molecule has 0 spiro atoms. The highest BCUT2D eigenvalue weighted by atomic mass is 79.9. The fourth-order valence-corrected chi connectivity index (χ4v) is 5.83. The Hall–Kier alpha value is -1.31. The van der Waals surface area contributed by atoms with Gasteiger partial charge in [-0.2, -0.15) is 0 Å². The second kappa shape index (κ2) is 11.3. The Bertz CT molecular complexity index is 783. The predicted octanol–water partition coefficient (Wildman–Crippen LogP) is 4.61. The molecule has 0 bridgehead atoms. The average Bonchev–Trinajstić information content (AvgIpc) is 2.70. The number of fused-ring (bicyclic) bond motifs is 1. The third-order valence-corrected chi connectivity index (χ3v) is 7.27. The Labute approximate surface area is 192 Å². The topological polar surface area (TPSA) is 58.6 Å². The maximum Gasteiger partial charge on any atom is 0.261 e. The van der Waals surface area contributed by atoms with Crippen molar-refractivity contribution in [3.8, 4) is 0 Å². The van der Waals surface area contributed by atoms with Crippen LogP contribution < -0.4 is 5.32 Å². The molecule has 1 aliphatic carbocycles. The Morgan fingerprint density at radius 3 is 2.93 bits per heavy atom. The molecule has 7 heteroatoms. The molecule has 2 aliphatic rings. The molecule has 1 N–H and O–H groups in total. The minimum absolute atomic E-state index is 0.0265. The fraction of sp³-hybridized carbons (Fsp3) is 0.565. The first-order chi connectivity index (χ1) is 14.4. The maximum absolute atomic E-state index is 13.3. The number of halogens is 1. The van der Waals surface area contributed by atoms with Gasteiger partial charge < -0.3 is 15.0 Å². The summed E-state index contributed by atoms with van der Waals surface area (Å²) in [7, 11) is 0. The minimum atomic E-state index is -0.0917. The number of hydrogen-bond donors (Lipinski definition) is 1. The van der Waals surface area contributed by atoms with Crippen LogP contribution in [0.5, 0.6) is 0 Å². The molecule has 164 valence electrons. The minimum Gasteiger partial charge on any atom is -0.379 e. The van der Waals surface area contributed by atoms with Gasteiger partial charge in [0.25, 0.3) is 5.91 Å². The van der Waals surface area contributed by atoms with E-state index in [1.807, 2.05) is 49.1 Å². The van der Waals surface area contributed by atoms with Crippen LogP contribution in [0.2, 0.25) is 0 Å². The van der Waals surface area contributed by atoms with Gasteiger partial charge in [0, 0.05) is 28.9 Å². The van der Waals surface area contributed by atoms with Crippen LogP contribution in [-0.2, 0) is 14.3 Å². The molecule has 0 aromatic heterocycles. The van der Waals surface area contributed by atoms with Gasteiger partial charge in [0.15, 0.2) is 0 Å². The lowest BCUT2D eigenvalue weighted by Crippen LogP contribution is -2.54. The first kappa shape index (κ1) is 23.4. The summed E-state index contributed by atoms with van der Waals surface area (Å²) in [5.41, 5.74) is 0.990. The summed E-state index contributed by atoms with van der Waals surface area (Å²) in [5.74, 6) is -0.118. The Kier molecular flexibility index (Phi) is 8.84. The van der Waals surface area contributed by atoms with Crippen molar-refractivity contribution in [2.75, 3.05) is 19.7 Å². The lowest BCUT2D eigenvalue weighted by molar-refractivity contribution is -0.135. The molecular formula is C23H31BrN2O3S. The summed E-state index contributed by atoms with van der Waals surface area (Å²) in [6, 6.07) is 8.08. The van der Waals surface area contributed by atoms with Crippen LogP contribution in [-0.4, -0.2) is 53.8 Å². The lowest BCUT2D eigenvalue weighted by Gasteiger charge is -2.43. The molecule has 1 aromatic carbocycles. The molecule has 2 unspecified atom stereocenters. The van der Waals surface area contributed by atoms with Crippen molar-refractivity contribution in [1.82, 2.24) is 10.2 Å². The summed E-state index contributed by atoms with van der Waals surface area (Å²) in [6.45, 7) is 5.32. The number of hydrogen-bond acceptors (Lipinski definition) is 4. The van der Waals surface area contributed by atoms with E-state index >= 15 is 0 Å². The highest BCUT2D eigenvalue weighted by Gasteiger charge is 2.41. The smallest absolute Gasteiger partial charge is 0.261 e. The highest BCUT2D eigenvalue weighted by molar-refractivity contribution is 9.10. The van der Waals surface area contributed by atoms with Crippen molar-refractivity contribution in [1.29, 1.82) is 0 Å². The van der Waals surface area contributed by atoms with Gasteiger partial charge in [-0.3, -0.25) is 9.59 Å². The molecule has 30 heavy (non-hydrogen) atoms. The van der Waals surface area contributed by atoms with Crippen molar-refractivity contribution >= 4 is 45.6 Å². The Morgan fingerprint density at radius 2 is 2.17 bits per heavy atom. The zero-order valence-electron chi connectivity index (χ0n) is 17.7. The number of amides is 2. The summed E-state index contributed by atoms with van der Waals surface area (Å²) in [6.07, 6.45) is 7.28. The van der Waals surface area contributed by atoms with Gasteiger partial charge in [-0.05, 0) is 56.9 Å². The van der Waals surface area contributed by atoms with Crippen LogP contribution in [0.4, 0.5) is 0 Å². The maximum atomic E-state index is 13.3. The summed E-state index contributed by atoms with van der Waals surface area (Å²) < 4.78 is 6.50. The quantitative estimate of drug-likeness (QED) is 0.423. The second-order valence-electron chi connectivity index (χ2n) is 8.13. The van der Waals surface area contributed by atoms with Crippen molar-refractivity contribution in [3.05, 3.63) is 39.2 Å². The van der Waals surface area contributed by atoms with Gasteiger partial charge in [-0.25, -0.2) is 0 Å². The van der Waals surface area contributed by atoms with Crippen LogP contribution in [0.3, 0.4) is 0 Å². The second-order valence-corrected chi connectivity index (χ2v) is 10.3. The first-order valence-corrected chi connectivity index (χ1v) is 12.4. The van der Waals surface area contributed by atoms with Crippen molar-refractivity contribution in [3.63, 3.8) is 0 Å². The van der Waals surface area contributed by atoms with Crippen LogP contribution in [0.15, 0.2) is 33.6 Å². The van der Waals surface area contributed by atoms with E-state index in [0.29, 0.717) is 18.4 Å². The van der Waals surface area contributed by atoms with E-state index in [4.69, 9.17) is 4.74 Å². The van der Waals surface area contributed by atoms with Crippen molar-refractivity contribution in [2.45, 2.75) is 63.3 Å². The molecule has 5 nitrogen and oxygen atoms in total. The van der Waals surface area contributed by atoms with E-state index < -0.39 is 0 Å². The van der Waals surface area contributed by atoms with Crippen LogP contribution in [0.1, 0.15) is 51.5 Å². The van der Waals surface area contributed by atoms with Gasteiger partial charge in [-0.1, -0.05) is 40.9 Å². The number of benzene rings is 1. The predicted molar refractivity (Wildman–Crippen MR) is 126 cm³/mol. The van der Waals surface area contributed by atoms with Gasteiger partial charge in [0.2, 0.25) is 5.91 Å². The molecule has 2 amide bonds. The molecule has 1 saturated carbocycles. The zero-order chi connectivity index (χ0) is 21.5. The average molecular weight is 495 g/mol. The third kappa shape index (κ3) is 6.59. The SMILES string of the molecule is CC(C)OCCCNC(=O)CN1C(=O)/C(=C\c2cccc(Br)c2)SC2CCCCC21. The third-order valence-electron chi connectivity index (χ3n) is 5.37. The molecular weight excluding hydrogens is 464 g/mol. The number of ether oxygens (including phenoxy) is 1. The summed E-state index contributed by atoms with van der Waals surface area (Å²) in [5, 5.41) is 3.31. The van der Waals surface area contributed by atoms with E-state index in [1.54, 1.807) is 11.8 Å². The molecule has 1 aromatic rings. The van der Waals surface area contributed by atoms with E-state index in [-0.39, 0.29) is 30.5 Å². The van der Waals surface area contributed by atoms with E-state index in [1.165, 1.54) is 6.42 Å². The number of carbonyl (C=O) groups excluding carboxylic acids is 2. The number of rotatable bonds is 8. The fourth-order valence-electron chi connectivity index (χ4n) is 3.94. The number of nitrogens with one attached hydrogen (secondary N) is 1. The largest absolute Gasteiger partial charge is 0.379 e. The standard InChI is InChI=1S/C23H31BrN2O3S/c1-16(2)29-12-6-11-25-22(27)15-26-19-9-3-4-10-20(19)30-21(23(26)28)14-17-7-5-8-18(24)13-17/h5,7-8,13-14,16,19-20H,3-4,6,9-12,15H2,1-2H3,(H,25,27)/b21-14+. The Balaban J connectivity index is 1.66. The van der Waals surface area contributed by atoms with Crippen molar-refractivity contribution < 1.29 is 14.3 Å². The molecule has 3 rings (SSSR count). The van der Waals surface area contributed by atoms with Gasteiger partial charge >= 0.3 is 0 Å². The van der Waals surface area contributed by atoms with Crippen LogP contribution in [0, 0.1) is 0 Å². The van der Waals surface area contributed by atoms with Crippen LogP contribution >= 0.6 is 27.7 Å². The molecule has 1 aliphatic heterocycles. The van der Waals surface area contributed by atoms with E-state index in [2.05, 4.69) is 21.2 Å². The Morgan fingerprint density at radius 1 is 1.37 bits per heavy atom. The molecule has 0 radical (unpaired) electrons. The first-order valence-electron chi connectivity index (χ1n) is 10.8. The highest BCUT2D eigenvalue weighted by Crippen LogP contribution is 2.42. The van der Waals surface area contributed by atoms with Gasteiger partial charge in [0.05, 0.1) is 11.0 Å². The zero-order valence-corrected chi connectivity index (χ0v) is 20.1. The molecule has 1 saturated heterocycles. The normalized spacial score (nSPS) is 23.0. The number of carbonyl (C=O) groups is 2. The monoisotopic (exact) mass is 494 g/mol. The van der Waals surface area contributed by atoms with Gasteiger partial charge in [0.1, 0.15) is 6.54 Å². The van der Waals surface area contributed by atoms with Crippen molar-refractivity contribution in [2.24, 2.45) is 0 Å².